The molecule has 1 heterocycles. The van der Waals surface area contributed by atoms with Crippen LogP contribution in [0.2, 0.25) is 0 Å². The normalized spacial score (nSPS) is 35.0. The summed E-state index contributed by atoms with van der Waals surface area (Å²) in [7, 11) is 1.52. The van der Waals surface area contributed by atoms with Crippen LogP contribution in [0.25, 0.3) is 0 Å². The first-order chi connectivity index (χ1) is 11.8. The molecule has 1 aromatic carbocycles. The van der Waals surface area contributed by atoms with Gasteiger partial charge in [0.2, 0.25) is 5.91 Å². The van der Waals surface area contributed by atoms with E-state index in [-0.39, 0.29) is 6.42 Å². The molecule has 0 radical (unpaired) electrons. The fourth-order valence-electron chi connectivity index (χ4n) is 4.22. The number of carbonyl (C=O) groups excluding carboxylic acids is 1. The van der Waals surface area contributed by atoms with Crippen LogP contribution in [0.4, 0.5) is 0 Å². The molecule has 1 aliphatic carbocycles. The van der Waals surface area contributed by atoms with Crippen LogP contribution in [0.3, 0.4) is 0 Å². The van der Waals surface area contributed by atoms with Gasteiger partial charge in [0.1, 0.15) is 11.5 Å². The van der Waals surface area contributed by atoms with Crippen LogP contribution in [-0.4, -0.2) is 23.8 Å². The number of ether oxygens (including phenoxy) is 1. The first-order valence-electron chi connectivity index (χ1n) is 7.77. The van der Waals surface area contributed by atoms with E-state index in [4.69, 9.17) is 4.74 Å². The summed E-state index contributed by atoms with van der Waals surface area (Å²) >= 11 is 0. The lowest BCUT2D eigenvalue weighted by atomic mass is 9.49. The Morgan fingerprint density at radius 3 is 2.28 bits per heavy atom. The first-order valence-corrected chi connectivity index (χ1v) is 7.77. The Morgan fingerprint density at radius 1 is 1.20 bits per heavy atom. The lowest BCUT2D eigenvalue weighted by molar-refractivity contribution is -0.128. The molecule has 1 saturated heterocycles. The average molecular weight is 336 g/mol. The molecule has 0 unspecified atom stereocenters. The molecule has 1 aromatic rings. The second-order valence-electron chi connectivity index (χ2n) is 6.64. The Labute approximate surface area is 145 Å². The Kier molecular flexibility index (Phi) is 3.49. The highest BCUT2D eigenvalue weighted by atomic mass is 16.5. The number of nitriles is 3. The van der Waals surface area contributed by atoms with Crippen LogP contribution in [0, 0.1) is 50.7 Å². The summed E-state index contributed by atoms with van der Waals surface area (Å²) in [6, 6.07) is 12.5. The van der Waals surface area contributed by atoms with Gasteiger partial charge < -0.3 is 15.2 Å². The van der Waals surface area contributed by atoms with Crippen LogP contribution in [0.1, 0.15) is 24.8 Å². The van der Waals surface area contributed by atoms with Gasteiger partial charge in [0.05, 0.1) is 25.3 Å². The van der Waals surface area contributed by atoms with Crippen LogP contribution in [-0.2, 0) is 4.79 Å². The fraction of sp³-hybridized carbons (Fsp3) is 0.444. The number of nitrogens with one attached hydrogen (secondary N) is 1. The van der Waals surface area contributed by atoms with Gasteiger partial charge in [-0.2, -0.15) is 15.8 Å². The third-order valence-corrected chi connectivity index (χ3v) is 5.66. The van der Waals surface area contributed by atoms with E-state index in [1.54, 1.807) is 31.2 Å². The molecular weight excluding hydrogens is 320 g/mol. The van der Waals surface area contributed by atoms with E-state index >= 15 is 0 Å². The monoisotopic (exact) mass is 336 g/mol. The molecule has 2 N–H and O–H groups in total. The van der Waals surface area contributed by atoms with Crippen LogP contribution in [0.15, 0.2) is 24.3 Å². The predicted octanol–water partition coefficient (Wildman–Crippen LogP) is 1.18. The Morgan fingerprint density at radius 2 is 1.80 bits per heavy atom. The molecule has 0 aromatic heterocycles. The summed E-state index contributed by atoms with van der Waals surface area (Å²) in [5.41, 5.74) is -4.90. The zero-order chi connectivity index (χ0) is 18.5. The van der Waals surface area contributed by atoms with E-state index in [1.807, 2.05) is 18.2 Å². The number of hydrogen-bond acceptors (Lipinski definition) is 6. The number of carbonyl (C=O) groups is 1. The molecular formula is C18H16N4O3. The van der Waals surface area contributed by atoms with Crippen molar-refractivity contribution in [3.8, 4) is 24.0 Å². The van der Waals surface area contributed by atoms with E-state index < -0.39 is 34.3 Å². The smallest absolute Gasteiger partial charge is 0.245 e. The first kappa shape index (κ1) is 16.8. The average Bonchev–Trinajstić information content (AvgIpc) is 2.89. The number of nitrogens with zero attached hydrogens (tertiary/aromatic N) is 3. The Balaban J connectivity index is 2.28. The van der Waals surface area contributed by atoms with Gasteiger partial charge >= 0.3 is 0 Å². The summed E-state index contributed by atoms with van der Waals surface area (Å²) in [5.74, 6) is -1.65. The van der Waals surface area contributed by atoms with E-state index in [2.05, 4.69) is 5.32 Å². The summed E-state index contributed by atoms with van der Waals surface area (Å²) < 4.78 is 5.12. The van der Waals surface area contributed by atoms with Crippen LogP contribution >= 0.6 is 0 Å². The maximum atomic E-state index is 12.6. The fourth-order valence-corrected chi connectivity index (χ4v) is 4.22. The summed E-state index contributed by atoms with van der Waals surface area (Å²) in [5, 5.41) is 42.9. The molecule has 7 heteroatoms. The maximum absolute atomic E-state index is 12.6. The highest BCUT2D eigenvalue weighted by Gasteiger charge is 2.76. The minimum atomic E-state index is -1.93. The SMILES string of the molecule is COc1ccc([C@H]2[C@@H](C)[C@]3(O)C[C@@](C#N)(C(=O)N3)C2(C#N)C#N)cc1. The van der Waals surface area contributed by atoms with Crippen molar-refractivity contribution in [2.45, 2.75) is 25.0 Å². The van der Waals surface area contributed by atoms with E-state index in [1.165, 1.54) is 7.11 Å². The molecule has 126 valence electrons. The largest absolute Gasteiger partial charge is 0.497 e. The maximum Gasteiger partial charge on any atom is 0.245 e. The molecule has 1 aliphatic heterocycles. The van der Waals surface area contributed by atoms with Crippen molar-refractivity contribution in [3.63, 3.8) is 0 Å². The molecule has 2 aliphatic rings. The topological polar surface area (TPSA) is 130 Å². The highest BCUT2D eigenvalue weighted by molar-refractivity contribution is 5.92. The summed E-state index contributed by atoms with van der Waals surface area (Å²) in [4.78, 5) is 12.6. The summed E-state index contributed by atoms with van der Waals surface area (Å²) in [6.07, 6.45) is -0.287. The highest BCUT2D eigenvalue weighted by Crippen LogP contribution is 2.64. The number of methoxy groups -OCH3 is 1. The van der Waals surface area contributed by atoms with E-state index in [0.29, 0.717) is 11.3 Å². The van der Waals surface area contributed by atoms with Gasteiger partial charge in [-0.1, -0.05) is 19.1 Å². The Hall–Kier alpha value is -3.08. The third-order valence-electron chi connectivity index (χ3n) is 5.66. The van der Waals surface area contributed by atoms with E-state index in [9.17, 15) is 25.7 Å². The second-order valence-corrected chi connectivity index (χ2v) is 6.64. The molecule has 25 heavy (non-hydrogen) atoms. The van der Waals surface area contributed by atoms with Gasteiger partial charge in [-0.15, -0.1) is 0 Å². The lowest BCUT2D eigenvalue weighted by Gasteiger charge is -2.48. The van der Waals surface area contributed by atoms with Crippen molar-refractivity contribution >= 4 is 5.91 Å². The number of fused-ring (bicyclic) bond motifs is 2. The quantitative estimate of drug-likeness (QED) is 0.834. The van der Waals surface area contributed by atoms with Gasteiger partial charge in [0, 0.05) is 18.3 Å². The van der Waals surface area contributed by atoms with Crippen molar-refractivity contribution in [2.24, 2.45) is 16.7 Å². The van der Waals surface area contributed by atoms with Crippen molar-refractivity contribution in [3.05, 3.63) is 29.8 Å². The van der Waals surface area contributed by atoms with Crippen molar-refractivity contribution in [2.75, 3.05) is 7.11 Å². The van der Waals surface area contributed by atoms with Gasteiger partial charge in [0.25, 0.3) is 0 Å². The standard InChI is InChI=1S/C18H16N4O3/c1-11-14(12-3-5-13(25-2)6-4-12)17(9-20,10-21)16(8-19)7-18(11,24)22-15(16)23/h3-6,11,14,24H,7H2,1-2H3,(H,22,23)/t11-,14-,16-,18-/m1/s1. The Bertz CT molecular complexity index is 846. The molecule has 3 rings (SSSR count). The van der Waals surface area contributed by atoms with Crippen molar-refractivity contribution in [1.29, 1.82) is 15.8 Å². The van der Waals surface area contributed by atoms with Crippen LogP contribution < -0.4 is 10.1 Å². The number of hydrogen-bond donors (Lipinski definition) is 2. The van der Waals surface area contributed by atoms with Crippen molar-refractivity contribution in [1.82, 2.24) is 5.32 Å². The predicted molar refractivity (Wildman–Crippen MR) is 84.3 cm³/mol. The zero-order valence-electron chi connectivity index (χ0n) is 13.8. The van der Waals surface area contributed by atoms with Gasteiger partial charge in [-0.25, -0.2) is 0 Å². The minimum absolute atomic E-state index is 0.287. The van der Waals surface area contributed by atoms with Crippen LogP contribution in [0.5, 0.6) is 5.75 Å². The molecule has 7 nitrogen and oxygen atoms in total. The van der Waals surface area contributed by atoms with Crippen molar-refractivity contribution < 1.29 is 14.6 Å². The molecule has 4 atom stereocenters. The molecule has 1 saturated carbocycles. The third kappa shape index (κ3) is 1.83. The second kappa shape index (κ2) is 5.21. The minimum Gasteiger partial charge on any atom is -0.497 e. The molecule has 2 fully saturated rings. The zero-order valence-corrected chi connectivity index (χ0v) is 13.8. The van der Waals surface area contributed by atoms with Gasteiger partial charge in [-0.3, -0.25) is 4.79 Å². The lowest BCUT2D eigenvalue weighted by Crippen LogP contribution is -2.56. The number of aliphatic hydroxyl groups is 1. The van der Waals surface area contributed by atoms with E-state index in [0.717, 1.165) is 0 Å². The molecule has 2 bridgehead atoms. The van der Waals surface area contributed by atoms with Gasteiger partial charge in [0.15, 0.2) is 10.8 Å². The number of benzene rings is 1. The number of rotatable bonds is 2. The van der Waals surface area contributed by atoms with Gasteiger partial charge in [-0.05, 0) is 17.7 Å². The number of amides is 1. The molecule has 0 spiro atoms. The molecule has 1 amide bonds. The summed E-state index contributed by atoms with van der Waals surface area (Å²) in [6.45, 7) is 1.67.